The lowest BCUT2D eigenvalue weighted by atomic mass is 10.0. The van der Waals surface area contributed by atoms with Crippen LogP contribution in [-0.4, -0.2) is 58.8 Å². The number of carboxylic acids is 3. The molecular formula is C29H53NO6. The molecule has 0 aliphatic heterocycles. The van der Waals surface area contributed by atoms with Gasteiger partial charge in [0.15, 0.2) is 0 Å². The maximum Gasteiger partial charge on any atom is 0.309 e. The van der Waals surface area contributed by atoms with Crippen LogP contribution in [0.2, 0.25) is 0 Å². The van der Waals surface area contributed by atoms with E-state index in [0.717, 1.165) is 19.3 Å². The standard InChI is InChI=1S/C29H53NO6/c1-2-3-4-5-6-7-8-9-10-11-12-13-14-15-16-17-18-19-23-30(24-20-27(31)32,25-21-28(33)34)26-22-29(35)36/h4-5H,2-3,6-26H2,1H3,(H2-,31,32,33,34,35,36)/b5-4+. The van der Waals surface area contributed by atoms with Crippen LogP contribution in [0.15, 0.2) is 12.2 Å². The molecule has 0 saturated carbocycles. The highest BCUT2D eigenvalue weighted by atomic mass is 16.4. The van der Waals surface area contributed by atoms with Crippen LogP contribution in [0.25, 0.3) is 0 Å². The molecule has 0 unspecified atom stereocenters. The monoisotopic (exact) mass is 511 g/mol. The van der Waals surface area contributed by atoms with Crippen molar-refractivity contribution in [2.24, 2.45) is 0 Å². The van der Waals surface area contributed by atoms with Gasteiger partial charge in [-0.25, -0.2) is 0 Å². The summed E-state index contributed by atoms with van der Waals surface area (Å²) >= 11 is 0. The molecule has 0 aliphatic rings. The molecule has 0 radical (unpaired) electrons. The van der Waals surface area contributed by atoms with E-state index < -0.39 is 17.9 Å². The Labute approximate surface area is 219 Å². The van der Waals surface area contributed by atoms with Crippen LogP contribution in [0.4, 0.5) is 0 Å². The smallest absolute Gasteiger partial charge is 0.309 e. The number of nitrogens with zero attached hydrogens (tertiary/aromatic N) is 1. The third kappa shape index (κ3) is 22.6. The molecule has 0 aromatic heterocycles. The zero-order chi connectivity index (χ0) is 26.9. The van der Waals surface area contributed by atoms with Crippen molar-refractivity contribution in [1.29, 1.82) is 0 Å². The predicted octanol–water partition coefficient (Wildman–Crippen LogP) is 5.71. The maximum atomic E-state index is 11.1. The van der Waals surface area contributed by atoms with Crippen molar-refractivity contribution < 1.29 is 34.2 Å². The number of quaternary nitrogens is 1. The van der Waals surface area contributed by atoms with Gasteiger partial charge in [-0.15, -0.1) is 0 Å². The van der Waals surface area contributed by atoms with Gasteiger partial charge in [0.25, 0.3) is 0 Å². The van der Waals surface area contributed by atoms with Gasteiger partial charge < -0.3 is 24.6 Å². The zero-order valence-corrected chi connectivity index (χ0v) is 22.9. The van der Waals surface area contributed by atoms with Crippen molar-refractivity contribution in [1.82, 2.24) is 0 Å². The van der Waals surface area contributed by atoms with Gasteiger partial charge in [-0.3, -0.25) is 9.59 Å². The van der Waals surface area contributed by atoms with E-state index in [0.29, 0.717) is 6.54 Å². The van der Waals surface area contributed by atoms with Gasteiger partial charge in [0.05, 0.1) is 39.0 Å². The van der Waals surface area contributed by atoms with Crippen molar-refractivity contribution >= 4 is 17.9 Å². The fraction of sp³-hybridized carbons (Fsp3) is 0.828. The Morgan fingerprint density at radius 1 is 0.583 bits per heavy atom. The third-order valence-electron chi connectivity index (χ3n) is 7.02. The number of allylic oxidation sites excluding steroid dienone is 2. The molecule has 0 aromatic carbocycles. The van der Waals surface area contributed by atoms with Gasteiger partial charge in [-0.1, -0.05) is 89.7 Å². The Balaban J connectivity index is 3.97. The highest BCUT2D eigenvalue weighted by Crippen LogP contribution is 2.17. The number of aliphatic carboxylic acids is 3. The lowest BCUT2D eigenvalue weighted by Gasteiger charge is -2.38. The minimum atomic E-state index is -1.18. The third-order valence-corrected chi connectivity index (χ3v) is 7.02. The summed E-state index contributed by atoms with van der Waals surface area (Å²) in [7, 11) is 0. The summed E-state index contributed by atoms with van der Waals surface area (Å²) < 4.78 is 0.224. The molecule has 2 N–H and O–H groups in total. The Kier molecular flexibility index (Phi) is 22.3. The van der Waals surface area contributed by atoms with E-state index in [-0.39, 0.29) is 43.4 Å². The molecule has 0 fully saturated rings. The van der Waals surface area contributed by atoms with Crippen molar-refractivity contribution in [3.05, 3.63) is 12.2 Å². The van der Waals surface area contributed by atoms with Crippen molar-refractivity contribution in [3.63, 3.8) is 0 Å². The van der Waals surface area contributed by atoms with Crippen LogP contribution < -0.4 is 5.11 Å². The Bertz CT molecular complexity index is 559. The van der Waals surface area contributed by atoms with E-state index in [4.69, 9.17) is 10.2 Å². The molecule has 0 saturated heterocycles. The summed E-state index contributed by atoms with van der Waals surface area (Å²) in [4.78, 5) is 33.2. The molecule has 7 heteroatoms. The van der Waals surface area contributed by atoms with E-state index in [2.05, 4.69) is 19.1 Å². The average molecular weight is 512 g/mol. The van der Waals surface area contributed by atoms with Gasteiger partial charge in [-0.05, 0) is 32.1 Å². The number of carbonyl (C=O) groups is 3. The van der Waals surface area contributed by atoms with Gasteiger partial charge >= 0.3 is 11.9 Å². The first-order valence-corrected chi connectivity index (χ1v) is 14.4. The van der Waals surface area contributed by atoms with E-state index in [1.165, 1.54) is 83.5 Å². The van der Waals surface area contributed by atoms with Gasteiger partial charge in [-0.2, -0.15) is 0 Å². The quantitative estimate of drug-likeness (QED) is 0.0829. The first-order chi connectivity index (χ1) is 17.3. The largest absolute Gasteiger partial charge is 0.550 e. The second-order valence-corrected chi connectivity index (χ2v) is 10.3. The van der Waals surface area contributed by atoms with Gasteiger partial charge in [0, 0.05) is 12.4 Å². The van der Waals surface area contributed by atoms with Crippen LogP contribution in [0, 0.1) is 0 Å². The fourth-order valence-electron chi connectivity index (χ4n) is 4.72. The summed E-state index contributed by atoms with van der Waals surface area (Å²) in [6.07, 6.45) is 23.9. The van der Waals surface area contributed by atoms with Crippen LogP contribution in [0.1, 0.15) is 129 Å². The van der Waals surface area contributed by atoms with Crippen LogP contribution >= 0.6 is 0 Å². The molecule has 36 heavy (non-hydrogen) atoms. The summed E-state index contributed by atoms with van der Waals surface area (Å²) in [5.41, 5.74) is 0. The second kappa shape index (κ2) is 23.5. The molecular weight excluding hydrogens is 458 g/mol. The van der Waals surface area contributed by atoms with E-state index in [1.807, 2.05) is 0 Å². The molecule has 0 aliphatic carbocycles. The normalized spacial score (nSPS) is 11.8. The minimum Gasteiger partial charge on any atom is -0.550 e. The summed E-state index contributed by atoms with van der Waals surface area (Å²) in [5.74, 6) is -3.08. The van der Waals surface area contributed by atoms with Crippen molar-refractivity contribution in [2.75, 3.05) is 26.2 Å². The van der Waals surface area contributed by atoms with Gasteiger partial charge in [0.1, 0.15) is 0 Å². The van der Waals surface area contributed by atoms with Crippen molar-refractivity contribution in [3.8, 4) is 0 Å². The minimum absolute atomic E-state index is 0.0942. The van der Waals surface area contributed by atoms with Crippen LogP contribution in [0.3, 0.4) is 0 Å². The molecule has 0 atom stereocenters. The average Bonchev–Trinajstić information content (AvgIpc) is 2.83. The van der Waals surface area contributed by atoms with Crippen LogP contribution in [-0.2, 0) is 14.4 Å². The summed E-state index contributed by atoms with van der Waals surface area (Å²) in [6.45, 7) is 3.56. The fourth-order valence-corrected chi connectivity index (χ4v) is 4.72. The highest BCUT2D eigenvalue weighted by molar-refractivity contribution is 5.67. The predicted molar refractivity (Wildman–Crippen MR) is 143 cm³/mol. The van der Waals surface area contributed by atoms with Gasteiger partial charge in [0.2, 0.25) is 0 Å². The van der Waals surface area contributed by atoms with Crippen molar-refractivity contribution in [2.45, 2.75) is 129 Å². The molecule has 0 rings (SSSR count). The molecule has 210 valence electrons. The molecule has 0 bridgehead atoms. The molecule has 0 heterocycles. The van der Waals surface area contributed by atoms with E-state index in [9.17, 15) is 19.5 Å². The number of unbranched alkanes of at least 4 members (excludes halogenated alkanes) is 14. The summed E-state index contributed by atoms with van der Waals surface area (Å²) in [5, 5.41) is 29.2. The number of hydrogen-bond acceptors (Lipinski definition) is 4. The SMILES string of the molecule is CCC/C=C/CCCCCCCCCCCCCCC[N+](CCC(=O)[O-])(CCC(=O)O)CCC(=O)O. The molecule has 0 aromatic rings. The Morgan fingerprint density at radius 2 is 0.972 bits per heavy atom. The lowest BCUT2D eigenvalue weighted by Crippen LogP contribution is -2.53. The lowest BCUT2D eigenvalue weighted by molar-refractivity contribution is -0.927. The number of rotatable bonds is 27. The number of carboxylic acid groups (broad SMARTS) is 3. The number of hydrogen-bond donors (Lipinski definition) is 2. The second-order valence-electron chi connectivity index (χ2n) is 10.3. The Hall–Kier alpha value is -1.89. The number of carbonyl (C=O) groups excluding carboxylic acids is 1. The summed E-state index contributed by atoms with van der Waals surface area (Å²) in [6, 6.07) is 0. The first-order valence-electron chi connectivity index (χ1n) is 14.4. The molecule has 7 nitrogen and oxygen atoms in total. The topological polar surface area (TPSA) is 115 Å². The van der Waals surface area contributed by atoms with E-state index >= 15 is 0 Å². The Morgan fingerprint density at radius 3 is 1.39 bits per heavy atom. The van der Waals surface area contributed by atoms with E-state index in [1.54, 1.807) is 0 Å². The highest BCUT2D eigenvalue weighted by Gasteiger charge is 2.28. The van der Waals surface area contributed by atoms with Crippen LogP contribution in [0.5, 0.6) is 0 Å². The molecule has 0 spiro atoms. The zero-order valence-electron chi connectivity index (χ0n) is 22.9. The first kappa shape index (κ1) is 34.1. The molecule has 0 amide bonds. The maximum absolute atomic E-state index is 11.1.